The van der Waals surface area contributed by atoms with Gasteiger partial charge in [0.05, 0.1) is 4.92 Å². The lowest BCUT2D eigenvalue weighted by Gasteiger charge is -2.29. The lowest BCUT2D eigenvalue weighted by Crippen LogP contribution is -2.44. The van der Waals surface area contributed by atoms with Gasteiger partial charge in [0.1, 0.15) is 18.0 Å². The van der Waals surface area contributed by atoms with E-state index in [1.807, 2.05) is 25.8 Å². The lowest BCUT2D eigenvalue weighted by molar-refractivity contribution is -0.384. The number of hydrogen-bond donors (Lipinski definition) is 1. The largest absolute Gasteiger partial charge is 0.488 e. The standard InChI is InChI=1S/C19H25ClN4O6/c1-19(2,3)30-18(26)23-9-6-8-22(23)7-4-5-10-29-15-12-13(17(21)25)11-14(16(15)20)24(27)28/h4-5,11-12H,6-10H2,1-3H3,(H2,21,25)/b5-4+. The second kappa shape index (κ2) is 9.77. The van der Waals surface area contributed by atoms with Crippen LogP contribution in [-0.4, -0.2) is 58.8 Å². The Kier molecular flexibility index (Phi) is 7.63. The van der Waals surface area contributed by atoms with Crippen LogP contribution in [0.15, 0.2) is 24.3 Å². The predicted molar refractivity (Wildman–Crippen MR) is 110 cm³/mol. The highest BCUT2D eigenvalue weighted by molar-refractivity contribution is 6.34. The first kappa shape index (κ1) is 23.4. The molecule has 1 aromatic rings. The van der Waals surface area contributed by atoms with Gasteiger partial charge in [0.2, 0.25) is 5.91 Å². The summed E-state index contributed by atoms with van der Waals surface area (Å²) in [4.78, 5) is 34.0. The van der Waals surface area contributed by atoms with Crippen molar-refractivity contribution in [3.8, 4) is 5.75 Å². The van der Waals surface area contributed by atoms with Gasteiger partial charge in [-0.2, -0.15) is 0 Å². The minimum atomic E-state index is -0.827. The van der Waals surface area contributed by atoms with Crippen LogP contribution < -0.4 is 10.5 Å². The molecular formula is C19H25ClN4O6. The van der Waals surface area contributed by atoms with Gasteiger partial charge in [-0.15, -0.1) is 0 Å². The van der Waals surface area contributed by atoms with Crippen LogP contribution in [0, 0.1) is 10.1 Å². The third-order valence-corrected chi connectivity index (χ3v) is 4.43. The van der Waals surface area contributed by atoms with Crippen LogP contribution in [-0.2, 0) is 4.74 Å². The molecule has 0 aliphatic carbocycles. The zero-order valence-corrected chi connectivity index (χ0v) is 17.8. The molecule has 1 saturated heterocycles. The highest BCUT2D eigenvalue weighted by atomic mass is 35.5. The molecule has 0 atom stereocenters. The maximum atomic E-state index is 12.3. The molecule has 0 bridgehead atoms. The van der Waals surface area contributed by atoms with Gasteiger partial charge in [-0.05, 0) is 33.3 Å². The smallest absolute Gasteiger partial charge is 0.424 e. The van der Waals surface area contributed by atoms with Gasteiger partial charge >= 0.3 is 6.09 Å². The maximum Gasteiger partial charge on any atom is 0.424 e. The molecule has 2 rings (SSSR count). The molecule has 11 heteroatoms. The van der Waals surface area contributed by atoms with E-state index in [0.717, 1.165) is 12.5 Å². The van der Waals surface area contributed by atoms with Gasteiger partial charge in [0.25, 0.3) is 5.69 Å². The van der Waals surface area contributed by atoms with Gasteiger partial charge in [0.15, 0.2) is 5.02 Å². The van der Waals surface area contributed by atoms with Crippen molar-refractivity contribution in [3.05, 3.63) is 45.0 Å². The Labute approximate surface area is 179 Å². The van der Waals surface area contributed by atoms with E-state index in [1.54, 1.807) is 17.2 Å². The molecule has 1 heterocycles. The fourth-order valence-electron chi connectivity index (χ4n) is 2.74. The summed E-state index contributed by atoms with van der Waals surface area (Å²) < 4.78 is 10.9. The molecule has 2 N–H and O–H groups in total. The van der Waals surface area contributed by atoms with Gasteiger partial charge in [0, 0.05) is 31.3 Å². The summed E-state index contributed by atoms with van der Waals surface area (Å²) >= 11 is 5.99. The second-order valence-corrected chi connectivity index (χ2v) is 7.96. The zero-order chi connectivity index (χ0) is 22.5. The molecule has 164 valence electrons. The number of carbonyl (C=O) groups is 2. The highest BCUT2D eigenvalue weighted by Gasteiger charge is 2.29. The van der Waals surface area contributed by atoms with Crippen molar-refractivity contribution < 1.29 is 24.0 Å². The van der Waals surface area contributed by atoms with Crippen molar-refractivity contribution in [2.75, 3.05) is 26.2 Å². The number of rotatable bonds is 7. The highest BCUT2D eigenvalue weighted by Crippen LogP contribution is 2.35. The van der Waals surface area contributed by atoms with Crippen LogP contribution >= 0.6 is 11.6 Å². The van der Waals surface area contributed by atoms with E-state index >= 15 is 0 Å². The number of ether oxygens (including phenoxy) is 2. The molecule has 1 aliphatic heterocycles. The number of benzene rings is 1. The topological polar surface area (TPSA) is 128 Å². The predicted octanol–water partition coefficient (Wildman–Crippen LogP) is 3.14. The minimum Gasteiger partial charge on any atom is -0.488 e. The van der Waals surface area contributed by atoms with E-state index in [0.29, 0.717) is 19.6 Å². The lowest BCUT2D eigenvalue weighted by atomic mass is 10.2. The quantitative estimate of drug-likeness (QED) is 0.391. The summed E-state index contributed by atoms with van der Waals surface area (Å²) in [6, 6.07) is 2.27. The average Bonchev–Trinajstić information content (AvgIpc) is 3.09. The van der Waals surface area contributed by atoms with Crippen molar-refractivity contribution in [1.29, 1.82) is 0 Å². The SMILES string of the molecule is CC(C)(C)OC(=O)N1CCCN1C/C=C/COc1cc(C(N)=O)cc([N+](=O)[O-])c1Cl. The molecule has 0 spiro atoms. The Bertz CT molecular complexity index is 852. The second-order valence-electron chi connectivity index (χ2n) is 7.58. The van der Waals surface area contributed by atoms with Crippen molar-refractivity contribution in [2.45, 2.75) is 32.8 Å². The number of nitro benzene ring substituents is 1. The van der Waals surface area contributed by atoms with Crippen LogP contribution in [0.5, 0.6) is 5.75 Å². The molecule has 2 amide bonds. The van der Waals surface area contributed by atoms with Crippen LogP contribution in [0.25, 0.3) is 0 Å². The van der Waals surface area contributed by atoms with Gasteiger partial charge in [-0.1, -0.05) is 23.8 Å². The van der Waals surface area contributed by atoms with Gasteiger partial charge < -0.3 is 15.2 Å². The van der Waals surface area contributed by atoms with E-state index in [4.69, 9.17) is 26.8 Å². The Balaban J connectivity index is 1.96. The number of hydrazine groups is 1. The summed E-state index contributed by atoms with van der Waals surface area (Å²) in [5.41, 5.74) is 4.09. The molecule has 0 aromatic heterocycles. The minimum absolute atomic E-state index is 0.0131. The van der Waals surface area contributed by atoms with Crippen LogP contribution in [0.2, 0.25) is 5.02 Å². The van der Waals surface area contributed by atoms with Crippen molar-refractivity contribution in [3.63, 3.8) is 0 Å². The number of nitro groups is 1. The Morgan fingerprint density at radius 1 is 1.30 bits per heavy atom. The van der Waals surface area contributed by atoms with Gasteiger partial charge in [-0.25, -0.2) is 14.8 Å². The Morgan fingerprint density at radius 2 is 2.00 bits per heavy atom. The van der Waals surface area contributed by atoms with Crippen molar-refractivity contribution in [2.24, 2.45) is 5.73 Å². The normalized spacial score (nSPS) is 14.9. The summed E-state index contributed by atoms with van der Waals surface area (Å²) in [6.07, 6.45) is 3.92. The number of nitrogens with zero attached hydrogens (tertiary/aromatic N) is 3. The summed E-state index contributed by atoms with van der Waals surface area (Å²) in [5, 5.41) is 14.3. The number of nitrogens with two attached hydrogens (primary N) is 1. The van der Waals surface area contributed by atoms with E-state index < -0.39 is 28.2 Å². The van der Waals surface area contributed by atoms with E-state index in [9.17, 15) is 19.7 Å². The van der Waals surface area contributed by atoms with E-state index in [1.165, 1.54) is 6.07 Å². The van der Waals surface area contributed by atoms with Crippen LogP contribution in [0.4, 0.5) is 10.5 Å². The number of amides is 2. The molecule has 10 nitrogen and oxygen atoms in total. The monoisotopic (exact) mass is 440 g/mol. The van der Waals surface area contributed by atoms with E-state index in [-0.39, 0.29) is 22.9 Å². The molecule has 30 heavy (non-hydrogen) atoms. The zero-order valence-electron chi connectivity index (χ0n) is 17.1. The average molecular weight is 441 g/mol. The van der Waals surface area contributed by atoms with Gasteiger partial charge in [-0.3, -0.25) is 14.9 Å². The van der Waals surface area contributed by atoms with Crippen molar-refractivity contribution in [1.82, 2.24) is 10.0 Å². The summed E-state index contributed by atoms with van der Waals surface area (Å²) in [6.45, 7) is 7.24. The molecular weight excluding hydrogens is 416 g/mol. The summed E-state index contributed by atoms with van der Waals surface area (Å²) in [7, 11) is 0. The number of carbonyl (C=O) groups excluding carboxylic acids is 2. The fraction of sp³-hybridized carbons (Fsp3) is 0.474. The fourth-order valence-corrected chi connectivity index (χ4v) is 2.97. The number of halogens is 1. The molecule has 1 fully saturated rings. The molecule has 0 unspecified atom stereocenters. The third-order valence-electron chi connectivity index (χ3n) is 4.05. The molecule has 0 radical (unpaired) electrons. The third kappa shape index (κ3) is 6.33. The van der Waals surface area contributed by atoms with Crippen LogP contribution in [0.3, 0.4) is 0 Å². The first-order valence-corrected chi connectivity index (χ1v) is 9.68. The molecule has 0 saturated carbocycles. The first-order valence-electron chi connectivity index (χ1n) is 9.30. The number of primary amides is 1. The number of hydrogen-bond acceptors (Lipinski definition) is 7. The van der Waals surface area contributed by atoms with E-state index in [2.05, 4.69) is 0 Å². The summed E-state index contributed by atoms with van der Waals surface area (Å²) in [5.74, 6) is -0.840. The molecule has 1 aromatic carbocycles. The Morgan fingerprint density at radius 3 is 2.60 bits per heavy atom. The maximum absolute atomic E-state index is 12.3. The Hall–Kier alpha value is -2.85. The van der Waals surface area contributed by atoms with Crippen LogP contribution in [0.1, 0.15) is 37.6 Å². The first-order chi connectivity index (χ1) is 14.0. The molecule has 1 aliphatic rings. The van der Waals surface area contributed by atoms with Crippen molar-refractivity contribution >= 4 is 29.3 Å².